The summed E-state index contributed by atoms with van der Waals surface area (Å²) in [5, 5.41) is 11.6. The van der Waals surface area contributed by atoms with E-state index in [1.165, 1.54) is 0 Å². The van der Waals surface area contributed by atoms with E-state index < -0.39 is 29.1 Å². The van der Waals surface area contributed by atoms with Crippen molar-refractivity contribution in [3.8, 4) is 0 Å². The number of hydrogen-bond acceptors (Lipinski definition) is 3. The molecule has 0 aromatic rings. The summed E-state index contributed by atoms with van der Waals surface area (Å²) in [7, 11) is 0. The summed E-state index contributed by atoms with van der Waals surface area (Å²) in [6.07, 6.45) is 3.84. The number of rotatable bonds is 6. The lowest BCUT2D eigenvalue weighted by atomic mass is 9.87. The SMILES string of the molecule is C=CCC[C@@H]1C[C@@]1(C)OC(=O)N[C@H](C(=O)O)C(C)(C)C. The van der Waals surface area contributed by atoms with Crippen LogP contribution in [-0.2, 0) is 9.53 Å². The van der Waals surface area contributed by atoms with E-state index in [9.17, 15) is 9.59 Å². The van der Waals surface area contributed by atoms with Crippen LogP contribution in [0.5, 0.6) is 0 Å². The zero-order chi connectivity index (χ0) is 15.6. The molecule has 5 heteroatoms. The van der Waals surface area contributed by atoms with E-state index in [0.717, 1.165) is 19.3 Å². The van der Waals surface area contributed by atoms with E-state index in [-0.39, 0.29) is 0 Å². The summed E-state index contributed by atoms with van der Waals surface area (Å²) < 4.78 is 5.39. The minimum atomic E-state index is -1.06. The number of carbonyl (C=O) groups excluding carboxylic acids is 1. The molecule has 0 bridgehead atoms. The Kier molecular flexibility index (Phi) is 4.84. The topological polar surface area (TPSA) is 75.6 Å². The fourth-order valence-corrected chi connectivity index (χ4v) is 2.29. The maximum atomic E-state index is 11.9. The van der Waals surface area contributed by atoms with Gasteiger partial charge in [-0.25, -0.2) is 9.59 Å². The summed E-state index contributed by atoms with van der Waals surface area (Å²) >= 11 is 0. The molecule has 0 radical (unpaired) electrons. The molecule has 1 fully saturated rings. The summed E-state index contributed by atoms with van der Waals surface area (Å²) in [6.45, 7) is 10.8. The second-order valence-electron chi connectivity index (χ2n) is 6.75. The van der Waals surface area contributed by atoms with Crippen LogP contribution in [0.4, 0.5) is 4.79 Å². The highest BCUT2D eigenvalue weighted by atomic mass is 16.6. The van der Waals surface area contributed by atoms with Gasteiger partial charge in [0.1, 0.15) is 11.6 Å². The molecule has 0 heterocycles. The lowest BCUT2D eigenvalue weighted by Gasteiger charge is -2.28. The Labute approximate surface area is 120 Å². The van der Waals surface area contributed by atoms with Gasteiger partial charge in [-0.15, -0.1) is 6.58 Å². The van der Waals surface area contributed by atoms with Gasteiger partial charge in [-0.3, -0.25) is 0 Å². The quantitative estimate of drug-likeness (QED) is 0.735. The highest BCUT2D eigenvalue weighted by molar-refractivity contribution is 5.80. The van der Waals surface area contributed by atoms with Crippen LogP contribution in [0.2, 0.25) is 0 Å². The summed E-state index contributed by atoms with van der Waals surface area (Å²) in [4.78, 5) is 23.0. The molecule has 2 N–H and O–H groups in total. The van der Waals surface area contributed by atoms with Crippen molar-refractivity contribution >= 4 is 12.1 Å². The molecule has 1 aliphatic rings. The minimum Gasteiger partial charge on any atom is -0.480 e. The summed E-state index contributed by atoms with van der Waals surface area (Å²) in [5.41, 5.74) is -1.04. The van der Waals surface area contributed by atoms with Crippen LogP contribution in [0.1, 0.15) is 47.0 Å². The first-order valence-electron chi connectivity index (χ1n) is 6.93. The van der Waals surface area contributed by atoms with Crippen molar-refractivity contribution in [2.24, 2.45) is 11.3 Å². The Balaban J connectivity index is 2.52. The number of nitrogens with one attached hydrogen (secondary N) is 1. The molecular weight excluding hydrogens is 258 g/mol. The largest absolute Gasteiger partial charge is 0.480 e. The predicted molar refractivity (Wildman–Crippen MR) is 76.4 cm³/mol. The van der Waals surface area contributed by atoms with Crippen molar-refractivity contribution in [2.45, 2.75) is 58.6 Å². The number of aliphatic carboxylic acids is 1. The van der Waals surface area contributed by atoms with Gasteiger partial charge >= 0.3 is 12.1 Å². The van der Waals surface area contributed by atoms with Crippen molar-refractivity contribution in [2.75, 3.05) is 0 Å². The molecule has 0 aromatic heterocycles. The van der Waals surface area contributed by atoms with E-state index in [2.05, 4.69) is 11.9 Å². The van der Waals surface area contributed by atoms with Crippen LogP contribution in [0, 0.1) is 11.3 Å². The molecular formula is C15H25NO4. The Morgan fingerprint density at radius 3 is 2.60 bits per heavy atom. The summed E-state index contributed by atoms with van der Waals surface area (Å²) in [5.74, 6) is -0.720. The zero-order valence-electron chi connectivity index (χ0n) is 12.7. The smallest absolute Gasteiger partial charge is 0.408 e. The molecule has 0 unspecified atom stereocenters. The molecule has 5 nitrogen and oxygen atoms in total. The maximum Gasteiger partial charge on any atom is 0.408 e. The molecule has 0 aliphatic heterocycles. The first-order valence-corrected chi connectivity index (χ1v) is 6.93. The maximum absolute atomic E-state index is 11.9. The molecule has 1 amide bonds. The van der Waals surface area contributed by atoms with Gasteiger partial charge in [0.2, 0.25) is 0 Å². The highest BCUT2D eigenvalue weighted by Gasteiger charge is 2.53. The second-order valence-corrected chi connectivity index (χ2v) is 6.75. The minimum absolute atomic E-state index is 0.337. The number of ether oxygens (including phenoxy) is 1. The van der Waals surface area contributed by atoms with Crippen LogP contribution in [0.15, 0.2) is 12.7 Å². The van der Waals surface area contributed by atoms with Crippen LogP contribution < -0.4 is 5.32 Å². The monoisotopic (exact) mass is 283 g/mol. The number of carbonyl (C=O) groups is 2. The number of amides is 1. The van der Waals surface area contributed by atoms with Crippen molar-refractivity contribution < 1.29 is 19.4 Å². The second kappa shape index (κ2) is 5.85. The highest BCUT2D eigenvalue weighted by Crippen LogP contribution is 2.49. The van der Waals surface area contributed by atoms with Gasteiger partial charge in [0, 0.05) is 5.92 Å². The average molecular weight is 283 g/mol. The first kappa shape index (κ1) is 16.5. The Hall–Kier alpha value is -1.52. The summed E-state index contributed by atoms with van der Waals surface area (Å²) in [6, 6.07) is -0.969. The van der Waals surface area contributed by atoms with Crippen LogP contribution in [0.3, 0.4) is 0 Å². The fraction of sp³-hybridized carbons (Fsp3) is 0.733. The number of carboxylic acids is 1. The van der Waals surface area contributed by atoms with Gasteiger partial charge in [0.05, 0.1) is 0 Å². The number of allylic oxidation sites excluding steroid dienone is 1. The van der Waals surface area contributed by atoms with Gasteiger partial charge < -0.3 is 15.2 Å². The van der Waals surface area contributed by atoms with E-state index in [1.54, 1.807) is 20.8 Å². The third kappa shape index (κ3) is 4.25. The van der Waals surface area contributed by atoms with Gasteiger partial charge in [0.15, 0.2) is 0 Å². The van der Waals surface area contributed by atoms with Gasteiger partial charge in [-0.1, -0.05) is 26.8 Å². The molecule has 20 heavy (non-hydrogen) atoms. The standard InChI is InChI=1S/C15H25NO4/c1-6-7-8-10-9-15(10,5)20-13(19)16-11(12(17)18)14(2,3)4/h6,10-11H,1,7-9H2,2-5H3,(H,16,19)(H,17,18)/t10-,11-,15-/m1/s1. The number of hydrogen-bond donors (Lipinski definition) is 2. The predicted octanol–water partition coefficient (Wildman–Crippen LogP) is 2.96. The van der Waals surface area contributed by atoms with Crippen molar-refractivity contribution in [3.05, 3.63) is 12.7 Å². The van der Waals surface area contributed by atoms with E-state index >= 15 is 0 Å². The molecule has 1 rings (SSSR count). The lowest BCUT2D eigenvalue weighted by Crippen LogP contribution is -2.50. The van der Waals surface area contributed by atoms with Gasteiger partial charge in [-0.05, 0) is 31.6 Å². The molecule has 0 aromatic carbocycles. The van der Waals surface area contributed by atoms with E-state index in [0.29, 0.717) is 5.92 Å². The Morgan fingerprint density at radius 2 is 2.15 bits per heavy atom. The molecule has 114 valence electrons. The lowest BCUT2D eigenvalue weighted by molar-refractivity contribution is -0.142. The molecule has 0 spiro atoms. The van der Waals surface area contributed by atoms with Crippen molar-refractivity contribution in [1.29, 1.82) is 0 Å². The van der Waals surface area contributed by atoms with Crippen LogP contribution >= 0.6 is 0 Å². The third-order valence-electron chi connectivity index (χ3n) is 3.78. The van der Waals surface area contributed by atoms with Crippen molar-refractivity contribution in [3.63, 3.8) is 0 Å². The molecule has 1 aliphatic carbocycles. The fourth-order valence-electron chi connectivity index (χ4n) is 2.29. The first-order chi connectivity index (χ1) is 9.10. The molecule has 0 saturated heterocycles. The normalized spacial score (nSPS) is 26.5. The number of carboxylic acid groups (broad SMARTS) is 1. The van der Waals surface area contributed by atoms with E-state index in [4.69, 9.17) is 9.84 Å². The number of alkyl carbamates (subject to hydrolysis) is 1. The van der Waals surface area contributed by atoms with Crippen LogP contribution in [-0.4, -0.2) is 28.8 Å². The molecule has 1 saturated carbocycles. The van der Waals surface area contributed by atoms with Gasteiger partial charge in [-0.2, -0.15) is 0 Å². The third-order valence-corrected chi connectivity index (χ3v) is 3.78. The Morgan fingerprint density at radius 1 is 1.55 bits per heavy atom. The van der Waals surface area contributed by atoms with Crippen molar-refractivity contribution in [1.82, 2.24) is 5.32 Å². The zero-order valence-corrected chi connectivity index (χ0v) is 12.7. The average Bonchev–Trinajstić information content (AvgIpc) is 2.91. The van der Waals surface area contributed by atoms with Crippen LogP contribution in [0.25, 0.3) is 0 Å². The Bertz CT molecular complexity index is 399. The van der Waals surface area contributed by atoms with Gasteiger partial charge in [0.25, 0.3) is 0 Å². The van der Waals surface area contributed by atoms with E-state index in [1.807, 2.05) is 13.0 Å². The molecule has 3 atom stereocenters.